The minimum atomic E-state index is -0.0495. The Kier molecular flexibility index (Phi) is 9.03. The number of nitrogens with one attached hydrogen (secondary N) is 1. The van der Waals surface area contributed by atoms with Crippen LogP contribution in [0, 0.1) is 0 Å². The maximum Gasteiger partial charge on any atom is 0.243 e. The van der Waals surface area contributed by atoms with Crippen LogP contribution in [0.3, 0.4) is 0 Å². The number of fused-ring (bicyclic) bond motifs is 2. The number of ether oxygens (including phenoxy) is 1. The fourth-order valence-electron chi connectivity index (χ4n) is 4.83. The highest BCUT2D eigenvalue weighted by Crippen LogP contribution is 2.22. The van der Waals surface area contributed by atoms with E-state index in [2.05, 4.69) is 64.5 Å². The molecule has 5 heteroatoms. The Bertz CT molecular complexity index is 1540. The molecule has 0 aliphatic rings. The summed E-state index contributed by atoms with van der Waals surface area (Å²) in [4.78, 5) is 17.0. The highest BCUT2D eigenvalue weighted by molar-refractivity contribution is 5.91. The number of unbranched alkanes of at least 4 members (excludes halogenated alkanes) is 2. The molecule has 0 saturated heterocycles. The van der Waals surface area contributed by atoms with Gasteiger partial charge >= 0.3 is 0 Å². The van der Waals surface area contributed by atoms with E-state index in [0.717, 1.165) is 61.3 Å². The van der Waals surface area contributed by atoms with Gasteiger partial charge in [0.15, 0.2) is 0 Å². The van der Waals surface area contributed by atoms with Crippen molar-refractivity contribution in [1.82, 2.24) is 14.9 Å². The Hall–Kier alpha value is -4.38. The number of carbonyl (C=O) groups excluding carboxylic acids is 1. The summed E-state index contributed by atoms with van der Waals surface area (Å²) in [6.07, 6.45) is 8.28. The lowest BCUT2D eigenvalue weighted by atomic mass is 10.1. The lowest BCUT2D eigenvalue weighted by Gasteiger charge is -2.11. The number of nitrogens with zero attached hydrogens (tertiary/aromatic N) is 2. The molecule has 1 amide bonds. The van der Waals surface area contributed by atoms with Crippen molar-refractivity contribution < 1.29 is 9.53 Å². The van der Waals surface area contributed by atoms with Crippen LogP contribution in [-0.4, -0.2) is 28.6 Å². The topological polar surface area (TPSA) is 56.2 Å². The fraction of sp³-hybridized carbons (Fsp3) is 0.235. The van der Waals surface area contributed by atoms with Gasteiger partial charge in [-0.25, -0.2) is 4.98 Å². The summed E-state index contributed by atoms with van der Waals surface area (Å²) in [6.45, 7) is 2.20. The number of hydrogen-bond donors (Lipinski definition) is 1. The van der Waals surface area contributed by atoms with Crippen LogP contribution in [0.1, 0.15) is 37.1 Å². The molecule has 0 atom stereocenters. The van der Waals surface area contributed by atoms with Gasteiger partial charge in [-0.15, -0.1) is 0 Å². The molecule has 0 saturated carbocycles. The van der Waals surface area contributed by atoms with Gasteiger partial charge in [-0.3, -0.25) is 4.79 Å². The van der Waals surface area contributed by atoms with Gasteiger partial charge in [0.05, 0.1) is 17.6 Å². The van der Waals surface area contributed by atoms with Gasteiger partial charge in [0.1, 0.15) is 11.6 Å². The molecule has 1 aromatic heterocycles. The van der Waals surface area contributed by atoms with Crippen molar-refractivity contribution in [3.8, 4) is 5.75 Å². The van der Waals surface area contributed by atoms with Gasteiger partial charge in [0.25, 0.3) is 0 Å². The van der Waals surface area contributed by atoms with Crippen LogP contribution in [0.25, 0.3) is 27.9 Å². The van der Waals surface area contributed by atoms with Gasteiger partial charge in [-0.05, 0) is 65.9 Å². The first-order valence-electron chi connectivity index (χ1n) is 13.8. The largest absolute Gasteiger partial charge is 0.494 e. The Morgan fingerprint density at radius 1 is 0.821 bits per heavy atom. The number of carbonyl (C=O) groups is 1. The third kappa shape index (κ3) is 7.35. The van der Waals surface area contributed by atoms with Crippen molar-refractivity contribution in [1.29, 1.82) is 0 Å². The molecule has 198 valence electrons. The maximum absolute atomic E-state index is 12.1. The van der Waals surface area contributed by atoms with Crippen LogP contribution < -0.4 is 10.1 Å². The number of rotatable bonds is 13. The molecule has 0 radical (unpaired) electrons. The first kappa shape index (κ1) is 26.2. The molecule has 5 nitrogen and oxygen atoms in total. The Morgan fingerprint density at radius 3 is 2.51 bits per heavy atom. The summed E-state index contributed by atoms with van der Waals surface area (Å²) < 4.78 is 8.42. The average Bonchev–Trinajstić information content (AvgIpc) is 3.33. The van der Waals surface area contributed by atoms with E-state index < -0.39 is 0 Å². The van der Waals surface area contributed by atoms with Crippen LogP contribution >= 0.6 is 0 Å². The first-order valence-corrected chi connectivity index (χ1v) is 13.8. The second-order valence-electron chi connectivity index (χ2n) is 9.73. The minimum Gasteiger partial charge on any atom is -0.494 e. The van der Waals surface area contributed by atoms with Crippen molar-refractivity contribution in [3.05, 3.63) is 115 Å². The molecule has 0 fully saturated rings. The third-order valence-electron chi connectivity index (χ3n) is 6.85. The van der Waals surface area contributed by atoms with E-state index in [-0.39, 0.29) is 5.91 Å². The van der Waals surface area contributed by atoms with E-state index in [0.29, 0.717) is 13.2 Å². The number of para-hydroxylation sites is 2. The summed E-state index contributed by atoms with van der Waals surface area (Å²) in [5.74, 6) is 1.98. The number of hydrogen-bond acceptors (Lipinski definition) is 3. The quantitative estimate of drug-likeness (QED) is 0.133. The molecule has 4 aromatic carbocycles. The van der Waals surface area contributed by atoms with Crippen LogP contribution in [0.15, 0.2) is 103 Å². The second-order valence-corrected chi connectivity index (χ2v) is 9.73. The first-order chi connectivity index (χ1) is 19.3. The van der Waals surface area contributed by atoms with E-state index in [1.54, 1.807) is 6.08 Å². The van der Waals surface area contributed by atoms with Crippen molar-refractivity contribution in [2.24, 2.45) is 0 Å². The van der Waals surface area contributed by atoms with Crippen LogP contribution in [-0.2, 0) is 17.8 Å². The van der Waals surface area contributed by atoms with Crippen molar-refractivity contribution in [3.63, 3.8) is 0 Å². The Labute approximate surface area is 230 Å². The molecule has 0 unspecified atom stereocenters. The normalized spacial score (nSPS) is 11.4. The molecule has 5 aromatic rings. The molecule has 0 aliphatic heterocycles. The van der Waals surface area contributed by atoms with E-state index in [4.69, 9.17) is 9.72 Å². The van der Waals surface area contributed by atoms with Crippen LogP contribution in [0.5, 0.6) is 5.75 Å². The molecule has 1 N–H and O–H groups in total. The van der Waals surface area contributed by atoms with Crippen LogP contribution in [0.2, 0.25) is 0 Å². The van der Waals surface area contributed by atoms with Crippen molar-refractivity contribution in [2.45, 2.75) is 38.6 Å². The molecular weight excluding hydrogens is 482 g/mol. The SMILES string of the molecule is O=C(/C=C/c1ccccc1)NCCCCCc1nc2ccccc2n1CCCOc1ccc2ccccc2c1. The predicted molar refractivity (Wildman–Crippen MR) is 160 cm³/mol. The summed E-state index contributed by atoms with van der Waals surface area (Å²) in [6, 6.07) is 32.8. The van der Waals surface area contributed by atoms with Crippen molar-refractivity contribution >= 4 is 33.8 Å². The highest BCUT2D eigenvalue weighted by Gasteiger charge is 2.10. The number of benzene rings is 4. The molecule has 0 spiro atoms. The monoisotopic (exact) mass is 517 g/mol. The molecule has 5 rings (SSSR count). The van der Waals surface area contributed by atoms with E-state index in [1.165, 1.54) is 16.3 Å². The lowest BCUT2D eigenvalue weighted by molar-refractivity contribution is -0.116. The Balaban J connectivity index is 1.07. The number of aryl methyl sites for hydroxylation is 2. The molecule has 39 heavy (non-hydrogen) atoms. The standard InChI is InChI=1S/C34H35N3O2/c38-34(22-19-27-12-3-1-4-13-27)35-23-10-2-5-18-33-36-31-16-8-9-17-32(31)37(33)24-11-25-39-30-21-20-28-14-6-7-15-29(28)26-30/h1,3-4,6-9,12-17,19-22,26H,2,5,10-11,18,23-25H2,(H,35,38)/b22-19+. The zero-order valence-corrected chi connectivity index (χ0v) is 22.3. The average molecular weight is 518 g/mol. The summed E-state index contributed by atoms with van der Waals surface area (Å²) in [5, 5.41) is 5.40. The van der Waals surface area contributed by atoms with Crippen molar-refractivity contribution in [2.75, 3.05) is 13.2 Å². The predicted octanol–water partition coefficient (Wildman–Crippen LogP) is 7.20. The van der Waals surface area contributed by atoms with Gasteiger partial charge in [-0.2, -0.15) is 0 Å². The summed E-state index contributed by atoms with van der Waals surface area (Å²) in [5.41, 5.74) is 3.24. The fourth-order valence-corrected chi connectivity index (χ4v) is 4.83. The van der Waals surface area contributed by atoms with Gasteiger partial charge < -0.3 is 14.6 Å². The summed E-state index contributed by atoms with van der Waals surface area (Å²) in [7, 11) is 0. The maximum atomic E-state index is 12.1. The molecule has 1 heterocycles. The van der Waals surface area contributed by atoms with Gasteiger partial charge in [0.2, 0.25) is 5.91 Å². The van der Waals surface area contributed by atoms with E-state index in [1.807, 2.05) is 48.5 Å². The molecule has 0 aliphatic carbocycles. The zero-order valence-electron chi connectivity index (χ0n) is 22.3. The highest BCUT2D eigenvalue weighted by atomic mass is 16.5. The van der Waals surface area contributed by atoms with Crippen LogP contribution in [0.4, 0.5) is 0 Å². The lowest BCUT2D eigenvalue weighted by Crippen LogP contribution is -2.22. The smallest absolute Gasteiger partial charge is 0.243 e. The van der Waals surface area contributed by atoms with Gasteiger partial charge in [-0.1, -0.05) is 79.2 Å². The second kappa shape index (κ2) is 13.4. The third-order valence-corrected chi connectivity index (χ3v) is 6.85. The number of amides is 1. The molecular formula is C34H35N3O2. The van der Waals surface area contributed by atoms with E-state index >= 15 is 0 Å². The number of aromatic nitrogens is 2. The number of imidazole rings is 1. The van der Waals surface area contributed by atoms with Gasteiger partial charge in [0, 0.05) is 25.6 Å². The minimum absolute atomic E-state index is 0.0495. The van der Waals surface area contributed by atoms with E-state index in [9.17, 15) is 4.79 Å². The summed E-state index contributed by atoms with van der Waals surface area (Å²) >= 11 is 0. The Morgan fingerprint density at radius 2 is 1.62 bits per heavy atom. The zero-order chi connectivity index (χ0) is 26.7. The molecule has 0 bridgehead atoms.